The Kier molecular flexibility index (Phi) is 8.64. The molecule has 0 aliphatic carbocycles. The Morgan fingerprint density at radius 2 is 1.47 bits per heavy atom. The Bertz CT molecular complexity index is 1380. The van der Waals surface area contributed by atoms with Crippen LogP contribution in [-0.2, 0) is 6.54 Å². The molecule has 38 heavy (non-hydrogen) atoms. The average molecular weight is 538 g/mol. The molecule has 200 valence electrons. The summed E-state index contributed by atoms with van der Waals surface area (Å²) in [5, 5.41) is 0.699. The molecule has 2 heterocycles. The molecule has 8 nitrogen and oxygen atoms in total. The number of ketones is 1. The maximum absolute atomic E-state index is 13.8. The maximum Gasteiger partial charge on any atom is 0.342 e. The Morgan fingerprint density at radius 1 is 0.895 bits per heavy atom. The first-order chi connectivity index (χ1) is 18.3. The molecule has 0 N–H and O–H groups in total. The van der Waals surface area contributed by atoms with Gasteiger partial charge in [0.25, 0.3) is 0 Å². The molecule has 0 radical (unpaired) electrons. The summed E-state index contributed by atoms with van der Waals surface area (Å²) in [5.74, 6) is -0.523. The highest BCUT2D eigenvalue weighted by atomic mass is 35.5. The van der Waals surface area contributed by atoms with E-state index in [0.717, 1.165) is 22.0 Å². The van der Waals surface area contributed by atoms with Crippen molar-refractivity contribution >= 4 is 29.2 Å². The van der Waals surface area contributed by atoms with Gasteiger partial charge in [0.05, 0.1) is 12.8 Å². The first kappa shape index (κ1) is 27.5. The van der Waals surface area contributed by atoms with Crippen molar-refractivity contribution < 1.29 is 19.1 Å². The van der Waals surface area contributed by atoms with Gasteiger partial charge in [0.1, 0.15) is 11.4 Å². The van der Waals surface area contributed by atoms with Gasteiger partial charge in [-0.1, -0.05) is 37.6 Å². The lowest BCUT2D eigenvalue weighted by Crippen LogP contribution is -2.35. The van der Waals surface area contributed by atoms with Crippen molar-refractivity contribution in [3.63, 3.8) is 0 Å². The fourth-order valence-electron chi connectivity index (χ4n) is 4.98. The molecule has 0 bridgehead atoms. The number of nitrogens with zero attached hydrogens (tertiary/aromatic N) is 3. The zero-order valence-electron chi connectivity index (χ0n) is 21.9. The number of piperidine rings is 1. The molecule has 0 spiro atoms. The molecule has 9 heteroatoms. The number of rotatable bonds is 8. The van der Waals surface area contributed by atoms with Crippen LogP contribution in [0, 0.1) is 0 Å². The number of halogens is 1. The Hall–Kier alpha value is -3.49. The number of imidazole rings is 1. The van der Waals surface area contributed by atoms with Crippen LogP contribution >= 0.6 is 11.6 Å². The highest BCUT2D eigenvalue weighted by Crippen LogP contribution is 2.30. The molecule has 2 aromatic carbocycles. The van der Waals surface area contributed by atoms with Crippen molar-refractivity contribution in [2.75, 3.05) is 20.2 Å². The Balaban J connectivity index is 1.72. The second kappa shape index (κ2) is 11.9. The first-order valence-electron chi connectivity index (χ1n) is 12.9. The van der Waals surface area contributed by atoms with Gasteiger partial charge < -0.3 is 4.74 Å². The highest BCUT2D eigenvalue weighted by Gasteiger charge is 2.32. The summed E-state index contributed by atoms with van der Waals surface area (Å²) in [6.45, 7) is 4.90. The van der Waals surface area contributed by atoms with E-state index in [1.807, 2.05) is 24.3 Å². The van der Waals surface area contributed by atoms with Crippen LogP contribution in [0.3, 0.4) is 0 Å². The number of aromatic nitrogens is 2. The number of carbonyl (C=O) groups is 3. The summed E-state index contributed by atoms with van der Waals surface area (Å²) in [7, 11) is 1.53. The molecule has 1 aliphatic rings. The summed E-state index contributed by atoms with van der Waals surface area (Å²) in [4.78, 5) is 55.2. The molecule has 1 fully saturated rings. The predicted octanol–water partition coefficient (Wildman–Crippen LogP) is 5.02. The van der Waals surface area contributed by atoms with Crippen LogP contribution in [0.25, 0.3) is 0 Å². The van der Waals surface area contributed by atoms with Gasteiger partial charge in [-0.25, -0.2) is 13.9 Å². The largest absolute Gasteiger partial charge is 0.497 e. The summed E-state index contributed by atoms with van der Waals surface area (Å²) in [6.07, 6.45) is 1.83. The van der Waals surface area contributed by atoms with E-state index in [1.54, 1.807) is 38.1 Å². The number of hydrogen-bond donors (Lipinski definition) is 0. The summed E-state index contributed by atoms with van der Waals surface area (Å²) in [5.41, 5.74) is 0.948. The minimum Gasteiger partial charge on any atom is -0.497 e. The normalized spacial score (nSPS) is 14.4. The molecular formula is C29H32ClN3O5. The van der Waals surface area contributed by atoms with E-state index in [4.69, 9.17) is 16.3 Å². The number of hydrogen-bond acceptors (Lipinski definition) is 6. The van der Waals surface area contributed by atoms with Gasteiger partial charge in [0.15, 0.2) is 0 Å². The fourth-order valence-corrected chi connectivity index (χ4v) is 5.11. The summed E-state index contributed by atoms with van der Waals surface area (Å²) in [6, 6.07) is 14.3. The van der Waals surface area contributed by atoms with Crippen LogP contribution in [0.1, 0.15) is 82.3 Å². The topological polar surface area (TPSA) is 90.6 Å². The van der Waals surface area contributed by atoms with Crippen molar-refractivity contribution in [1.82, 2.24) is 14.0 Å². The molecular weight excluding hydrogens is 506 g/mol. The molecule has 1 saturated heterocycles. The van der Waals surface area contributed by atoms with E-state index in [1.165, 1.54) is 12.7 Å². The number of likely N-dealkylation sites (tertiary alicyclic amines) is 1. The summed E-state index contributed by atoms with van der Waals surface area (Å²) < 4.78 is 7.10. The molecule has 1 aliphatic heterocycles. The molecule has 4 rings (SSSR count). The lowest BCUT2D eigenvalue weighted by molar-refractivity contribution is 0.0879. The van der Waals surface area contributed by atoms with Gasteiger partial charge >= 0.3 is 5.69 Å². The first-order valence-corrected chi connectivity index (χ1v) is 13.3. The molecule has 0 saturated carbocycles. The van der Waals surface area contributed by atoms with E-state index in [2.05, 4.69) is 4.90 Å². The van der Waals surface area contributed by atoms with Gasteiger partial charge in [-0.3, -0.25) is 19.3 Å². The number of carbonyl (C=O) groups excluding carboxylic acids is 3. The second-order valence-corrected chi connectivity index (χ2v) is 9.84. The Morgan fingerprint density at radius 3 is 2.03 bits per heavy atom. The third-order valence-electron chi connectivity index (χ3n) is 7.12. The zero-order chi connectivity index (χ0) is 27.4. The van der Waals surface area contributed by atoms with E-state index in [9.17, 15) is 19.2 Å². The van der Waals surface area contributed by atoms with E-state index < -0.39 is 23.3 Å². The second-order valence-electron chi connectivity index (χ2n) is 9.40. The number of ether oxygens (including phenoxy) is 1. The van der Waals surface area contributed by atoms with Crippen molar-refractivity contribution in [3.05, 3.63) is 86.6 Å². The standard InChI is InChI=1S/C29H32ClN3O5/c1-4-25(34)32-24(18-31-16-14-20(15-17-31)19-6-10-22(30)11-7-19)27(33(29(32)37)26(35)5-2)28(36)21-8-12-23(38-3)13-9-21/h6-13,20H,4-5,14-18H2,1-3H3. The monoisotopic (exact) mass is 537 g/mol. The van der Waals surface area contributed by atoms with Gasteiger partial charge in [-0.15, -0.1) is 0 Å². The van der Waals surface area contributed by atoms with E-state index in [-0.39, 0.29) is 30.8 Å². The number of methoxy groups -OCH3 is 1. The predicted molar refractivity (Wildman–Crippen MR) is 146 cm³/mol. The molecule has 1 aromatic heterocycles. The lowest BCUT2D eigenvalue weighted by atomic mass is 9.89. The molecule has 0 atom stereocenters. The van der Waals surface area contributed by atoms with Crippen molar-refractivity contribution in [1.29, 1.82) is 0 Å². The van der Waals surface area contributed by atoms with Crippen molar-refractivity contribution in [3.8, 4) is 5.75 Å². The van der Waals surface area contributed by atoms with Crippen LogP contribution in [0.5, 0.6) is 5.75 Å². The van der Waals surface area contributed by atoms with Crippen molar-refractivity contribution in [2.24, 2.45) is 0 Å². The molecule has 3 aromatic rings. The van der Waals surface area contributed by atoms with E-state index in [0.29, 0.717) is 35.3 Å². The smallest absolute Gasteiger partial charge is 0.342 e. The quantitative estimate of drug-likeness (QED) is 0.375. The van der Waals surface area contributed by atoms with Crippen LogP contribution in [0.4, 0.5) is 0 Å². The minimum absolute atomic E-state index is 0.0130. The third kappa shape index (κ3) is 5.51. The lowest BCUT2D eigenvalue weighted by Gasteiger charge is -2.32. The third-order valence-corrected chi connectivity index (χ3v) is 7.37. The van der Waals surface area contributed by atoms with Gasteiger partial charge in [0, 0.05) is 30.0 Å². The zero-order valence-corrected chi connectivity index (χ0v) is 22.7. The van der Waals surface area contributed by atoms with Gasteiger partial charge in [0.2, 0.25) is 17.6 Å². The molecule has 0 unspecified atom stereocenters. The van der Waals surface area contributed by atoms with Crippen LogP contribution in [0.2, 0.25) is 5.02 Å². The van der Waals surface area contributed by atoms with Crippen LogP contribution in [0.15, 0.2) is 53.3 Å². The summed E-state index contributed by atoms with van der Waals surface area (Å²) >= 11 is 6.04. The molecule has 0 amide bonds. The Labute approximate surface area is 226 Å². The van der Waals surface area contributed by atoms with Crippen LogP contribution in [-0.4, -0.2) is 51.8 Å². The van der Waals surface area contributed by atoms with Gasteiger partial charge in [-0.2, -0.15) is 0 Å². The highest BCUT2D eigenvalue weighted by molar-refractivity contribution is 6.30. The number of benzene rings is 2. The fraction of sp³-hybridized carbons (Fsp3) is 0.379. The van der Waals surface area contributed by atoms with Crippen LogP contribution < -0.4 is 10.4 Å². The average Bonchev–Trinajstić information content (AvgIpc) is 3.23. The van der Waals surface area contributed by atoms with Crippen molar-refractivity contribution in [2.45, 2.75) is 52.0 Å². The maximum atomic E-state index is 13.8. The van der Waals surface area contributed by atoms with Gasteiger partial charge in [-0.05, 0) is 73.8 Å². The SMILES string of the molecule is CCC(=O)n1c(CN2CCC(c3ccc(Cl)cc3)CC2)c(C(=O)c2ccc(OC)cc2)n(C(=O)CC)c1=O. The minimum atomic E-state index is -0.786. The van der Waals surface area contributed by atoms with E-state index >= 15 is 0 Å².